The molecule has 118 valence electrons. The summed E-state index contributed by atoms with van der Waals surface area (Å²) < 4.78 is 26.8. The Morgan fingerprint density at radius 3 is 2.67 bits per heavy atom. The molecule has 0 heterocycles. The molecule has 0 radical (unpaired) electrons. The standard InChI is InChI=1S/C16H26N2O2S/c1-3-17-12-15-9-6-10-16(11-15)21(19,20)18(2)13-14-7-4-5-8-14/h6,9-11,14,17H,3-5,7-8,12-13H2,1-2H3. The minimum absolute atomic E-state index is 0.401. The van der Waals surface area contributed by atoms with E-state index in [0.717, 1.165) is 24.9 Å². The first-order chi connectivity index (χ1) is 10.0. The first-order valence-electron chi connectivity index (χ1n) is 7.80. The van der Waals surface area contributed by atoms with Crippen LogP contribution in [0.4, 0.5) is 0 Å². The highest BCUT2D eigenvalue weighted by molar-refractivity contribution is 7.89. The molecule has 0 aliphatic heterocycles. The van der Waals surface area contributed by atoms with Gasteiger partial charge in [0.2, 0.25) is 10.0 Å². The van der Waals surface area contributed by atoms with Crippen LogP contribution in [-0.4, -0.2) is 32.9 Å². The second-order valence-electron chi connectivity index (χ2n) is 5.86. The highest BCUT2D eigenvalue weighted by atomic mass is 32.2. The molecule has 0 saturated heterocycles. The van der Waals surface area contributed by atoms with Crippen molar-refractivity contribution >= 4 is 10.0 Å². The Hall–Kier alpha value is -0.910. The summed E-state index contributed by atoms with van der Waals surface area (Å²) in [4.78, 5) is 0.401. The van der Waals surface area contributed by atoms with Gasteiger partial charge in [-0.25, -0.2) is 12.7 Å². The molecule has 5 heteroatoms. The van der Waals surface area contributed by atoms with E-state index in [2.05, 4.69) is 5.32 Å². The van der Waals surface area contributed by atoms with Crippen LogP contribution in [0.2, 0.25) is 0 Å². The van der Waals surface area contributed by atoms with E-state index in [4.69, 9.17) is 0 Å². The molecular formula is C16H26N2O2S. The number of nitrogens with one attached hydrogen (secondary N) is 1. The molecule has 1 aliphatic carbocycles. The molecule has 0 bridgehead atoms. The van der Waals surface area contributed by atoms with Gasteiger partial charge in [0.1, 0.15) is 0 Å². The van der Waals surface area contributed by atoms with Crippen molar-refractivity contribution in [2.75, 3.05) is 20.1 Å². The average Bonchev–Trinajstić information content (AvgIpc) is 2.98. The molecule has 1 aromatic rings. The minimum atomic E-state index is -3.37. The second kappa shape index (κ2) is 7.38. The molecule has 21 heavy (non-hydrogen) atoms. The Morgan fingerprint density at radius 2 is 2.00 bits per heavy atom. The third-order valence-electron chi connectivity index (χ3n) is 4.18. The van der Waals surface area contributed by atoms with Gasteiger partial charge in [-0.2, -0.15) is 0 Å². The molecule has 0 spiro atoms. The Kier molecular flexibility index (Phi) is 5.79. The first kappa shape index (κ1) is 16.5. The summed E-state index contributed by atoms with van der Waals surface area (Å²) >= 11 is 0. The summed E-state index contributed by atoms with van der Waals surface area (Å²) in [5.74, 6) is 0.523. The van der Waals surface area contributed by atoms with Crippen molar-refractivity contribution in [1.82, 2.24) is 9.62 Å². The monoisotopic (exact) mass is 310 g/mol. The zero-order valence-corrected chi connectivity index (χ0v) is 13.8. The van der Waals surface area contributed by atoms with Crippen LogP contribution >= 0.6 is 0 Å². The molecule has 1 saturated carbocycles. The fraction of sp³-hybridized carbons (Fsp3) is 0.625. The van der Waals surface area contributed by atoms with Gasteiger partial charge in [-0.1, -0.05) is 31.9 Å². The lowest BCUT2D eigenvalue weighted by Crippen LogP contribution is -2.31. The molecule has 1 fully saturated rings. The summed E-state index contributed by atoms with van der Waals surface area (Å²) in [6.45, 7) is 4.25. The molecule has 2 rings (SSSR count). The zero-order chi connectivity index (χ0) is 15.3. The van der Waals surface area contributed by atoms with Crippen LogP contribution in [0.1, 0.15) is 38.2 Å². The topological polar surface area (TPSA) is 49.4 Å². The van der Waals surface area contributed by atoms with Gasteiger partial charge in [0.05, 0.1) is 4.90 Å². The predicted molar refractivity (Wildman–Crippen MR) is 85.6 cm³/mol. The second-order valence-corrected chi connectivity index (χ2v) is 7.91. The molecular weight excluding hydrogens is 284 g/mol. The van der Waals surface area contributed by atoms with Gasteiger partial charge in [0.25, 0.3) is 0 Å². The predicted octanol–water partition coefficient (Wildman–Crippen LogP) is 2.61. The smallest absolute Gasteiger partial charge is 0.242 e. The van der Waals surface area contributed by atoms with E-state index in [1.165, 1.54) is 17.1 Å². The van der Waals surface area contributed by atoms with Crippen LogP contribution in [0.15, 0.2) is 29.2 Å². The van der Waals surface area contributed by atoms with Crippen LogP contribution < -0.4 is 5.32 Å². The summed E-state index contributed by atoms with van der Waals surface area (Å²) in [5, 5.41) is 3.22. The highest BCUT2D eigenvalue weighted by Gasteiger charge is 2.25. The summed E-state index contributed by atoms with van der Waals surface area (Å²) in [7, 11) is -1.67. The molecule has 0 amide bonds. The lowest BCUT2D eigenvalue weighted by Gasteiger charge is -2.21. The number of sulfonamides is 1. The van der Waals surface area contributed by atoms with Crippen molar-refractivity contribution in [2.45, 2.75) is 44.0 Å². The van der Waals surface area contributed by atoms with Crippen LogP contribution in [-0.2, 0) is 16.6 Å². The summed E-state index contributed by atoms with van der Waals surface area (Å²) in [6, 6.07) is 7.25. The van der Waals surface area contributed by atoms with Gasteiger partial charge >= 0.3 is 0 Å². The van der Waals surface area contributed by atoms with E-state index in [0.29, 0.717) is 23.9 Å². The first-order valence-corrected chi connectivity index (χ1v) is 9.24. The summed E-state index contributed by atoms with van der Waals surface area (Å²) in [6.07, 6.45) is 4.77. The van der Waals surface area contributed by atoms with Crippen molar-refractivity contribution in [3.05, 3.63) is 29.8 Å². The van der Waals surface area contributed by atoms with Crippen LogP contribution in [0.25, 0.3) is 0 Å². The number of hydrogen-bond acceptors (Lipinski definition) is 3. The molecule has 1 N–H and O–H groups in total. The van der Waals surface area contributed by atoms with Crippen LogP contribution in [0.3, 0.4) is 0 Å². The Morgan fingerprint density at radius 1 is 1.29 bits per heavy atom. The van der Waals surface area contributed by atoms with E-state index in [1.54, 1.807) is 19.2 Å². The van der Waals surface area contributed by atoms with Crippen molar-refractivity contribution in [3.8, 4) is 0 Å². The van der Waals surface area contributed by atoms with Crippen LogP contribution in [0.5, 0.6) is 0 Å². The van der Waals surface area contributed by atoms with Crippen LogP contribution in [0, 0.1) is 5.92 Å². The lowest BCUT2D eigenvalue weighted by molar-refractivity contribution is 0.387. The molecule has 0 unspecified atom stereocenters. The molecule has 0 atom stereocenters. The summed E-state index contributed by atoms with van der Waals surface area (Å²) in [5.41, 5.74) is 1.01. The normalized spacial score (nSPS) is 16.7. The van der Waals surface area contributed by atoms with Gasteiger partial charge in [-0.05, 0) is 43.0 Å². The van der Waals surface area contributed by atoms with Crippen molar-refractivity contribution in [2.24, 2.45) is 5.92 Å². The Bertz CT molecular complexity index is 551. The number of benzene rings is 1. The largest absolute Gasteiger partial charge is 0.313 e. The Labute approximate surface area is 128 Å². The lowest BCUT2D eigenvalue weighted by atomic mass is 10.1. The maximum atomic E-state index is 12.7. The van der Waals surface area contributed by atoms with Gasteiger partial charge in [0.15, 0.2) is 0 Å². The van der Waals surface area contributed by atoms with E-state index < -0.39 is 10.0 Å². The number of rotatable bonds is 7. The molecule has 1 aliphatic rings. The van der Waals surface area contributed by atoms with Crippen molar-refractivity contribution < 1.29 is 8.42 Å². The van der Waals surface area contributed by atoms with Gasteiger partial charge in [-0.15, -0.1) is 0 Å². The molecule has 0 aromatic heterocycles. The fourth-order valence-corrected chi connectivity index (χ4v) is 4.24. The fourth-order valence-electron chi connectivity index (χ4n) is 2.92. The maximum Gasteiger partial charge on any atom is 0.242 e. The maximum absolute atomic E-state index is 12.7. The molecule has 4 nitrogen and oxygen atoms in total. The number of nitrogens with zero attached hydrogens (tertiary/aromatic N) is 1. The van der Waals surface area contributed by atoms with Gasteiger partial charge in [0, 0.05) is 20.1 Å². The van der Waals surface area contributed by atoms with Crippen molar-refractivity contribution in [1.29, 1.82) is 0 Å². The SMILES string of the molecule is CCNCc1cccc(S(=O)(=O)N(C)CC2CCCC2)c1. The average molecular weight is 310 g/mol. The van der Waals surface area contributed by atoms with E-state index in [1.807, 2.05) is 19.1 Å². The molecule has 1 aromatic carbocycles. The minimum Gasteiger partial charge on any atom is -0.313 e. The van der Waals surface area contributed by atoms with E-state index in [-0.39, 0.29) is 0 Å². The third-order valence-corrected chi connectivity index (χ3v) is 6.00. The van der Waals surface area contributed by atoms with E-state index in [9.17, 15) is 8.42 Å². The van der Waals surface area contributed by atoms with E-state index >= 15 is 0 Å². The Balaban J connectivity index is 2.10. The number of hydrogen-bond donors (Lipinski definition) is 1. The van der Waals surface area contributed by atoms with Gasteiger partial charge in [-0.3, -0.25) is 0 Å². The van der Waals surface area contributed by atoms with Crippen molar-refractivity contribution in [3.63, 3.8) is 0 Å². The quantitative estimate of drug-likeness (QED) is 0.842. The zero-order valence-electron chi connectivity index (χ0n) is 13.0. The van der Waals surface area contributed by atoms with Gasteiger partial charge < -0.3 is 5.32 Å². The highest BCUT2D eigenvalue weighted by Crippen LogP contribution is 2.27. The third kappa shape index (κ3) is 4.28.